The fourth-order valence-electron chi connectivity index (χ4n) is 4.81. The van der Waals surface area contributed by atoms with Crippen LogP contribution in [0.4, 0.5) is 18.9 Å². The van der Waals surface area contributed by atoms with E-state index < -0.39 is 51.9 Å². The van der Waals surface area contributed by atoms with E-state index in [1.807, 2.05) is 13.0 Å². The molecule has 4 rings (SSSR count). The number of benzene rings is 4. The molecule has 46 heavy (non-hydrogen) atoms. The molecular weight excluding hydrogens is 639 g/mol. The van der Waals surface area contributed by atoms with Crippen LogP contribution in [0.3, 0.4) is 0 Å². The van der Waals surface area contributed by atoms with Gasteiger partial charge in [-0.05, 0) is 47.9 Å². The number of sulfonamides is 1. The summed E-state index contributed by atoms with van der Waals surface area (Å²) in [5.41, 5.74) is -0.260. The maximum absolute atomic E-state index is 14.4. The van der Waals surface area contributed by atoms with Crippen LogP contribution in [0.1, 0.15) is 30.0 Å². The molecule has 1 atom stereocenters. The molecule has 0 unspecified atom stereocenters. The summed E-state index contributed by atoms with van der Waals surface area (Å²) in [6.45, 7) is 1.21. The van der Waals surface area contributed by atoms with Crippen LogP contribution >= 0.6 is 11.6 Å². The van der Waals surface area contributed by atoms with Gasteiger partial charge in [0.05, 0.1) is 21.2 Å². The zero-order chi connectivity index (χ0) is 33.3. The third kappa shape index (κ3) is 8.67. The summed E-state index contributed by atoms with van der Waals surface area (Å²) < 4.78 is 70.0. The molecule has 12 heteroatoms. The molecule has 7 nitrogen and oxygen atoms in total. The van der Waals surface area contributed by atoms with Gasteiger partial charge in [-0.2, -0.15) is 13.2 Å². The molecule has 0 saturated carbocycles. The third-order valence-corrected chi connectivity index (χ3v) is 9.26. The lowest BCUT2D eigenvalue weighted by Gasteiger charge is -2.34. The van der Waals surface area contributed by atoms with Gasteiger partial charge in [0.1, 0.15) is 12.6 Å². The Balaban J connectivity index is 1.85. The van der Waals surface area contributed by atoms with Gasteiger partial charge in [0, 0.05) is 19.5 Å². The number of carbonyl (C=O) groups is 2. The van der Waals surface area contributed by atoms with Crippen molar-refractivity contribution in [3.63, 3.8) is 0 Å². The van der Waals surface area contributed by atoms with Gasteiger partial charge in [0.15, 0.2) is 0 Å². The van der Waals surface area contributed by atoms with Crippen molar-refractivity contribution in [2.75, 3.05) is 17.4 Å². The fourth-order valence-corrected chi connectivity index (χ4v) is 6.53. The fraction of sp³-hybridized carbons (Fsp3) is 0.235. The largest absolute Gasteiger partial charge is 0.416 e. The van der Waals surface area contributed by atoms with Crippen molar-refractivity contribution in [2.45, 2.75) is 43.4 Å². The van der Waals surface area contributed by atoms with Gasteiger partial charge in [-0.25, -0.2) is 8.42 Å². The lowest BCUT2D eigenvalue weighted by molar-refractivity contribution is -0.140. The summed E-state index contributed by atoms with van der Waals surface area (Å²) in [6.07, 6.45) is -4.08. The molecule has 0 heterocycles. The highest BCUT2D eigenvalue weighted by molar-refractivity contribution is 7.92. The Morgan fingerprint density at radius 3 is 1.98 bits per heavy atom. The highest BCUT2D eigenvalue weighted by atomic mass is 35.5. The van der Waals surface area contributed by atoms with Crippen LogP contribution in [0.2, 0.25) is 5.02 Å². The maximum Gasteiger partial charge on any atom is 0.416 e. The predicted molar refractivity (Wildman–Crippen MR) is 172 cm³/mol. The highest BCUT2D eigenvalue weighted by Gasteiger charge is 2.37. The molecule has 1 N–H and O–H groups in total. The average molecular weight is 672 g/mol. The Morgan fingerprint density at radius 1 is 0.848 bits per heavy atom. The number of hydrogen-bond donors (Lipinski definition) is 1. The molecule has 242 valence electrons. The number of nitrogens with one attached hydrogen (secondary N) is 1. The van der Waals surface area contributed by atoms with E-state index >= 15 is 0 Å². The minimum atomic E-state index is -4.82. The third-order valence-electron chi connectivity index (χ3n) is 7.17. The first-order chi connectivity index (χ1) is 21.9. The number of nitrogens with zero attached hydrogens (tertiary/aromatic N) is 2. The summed E-state index contributed by atoms with van der Waals surface area (Å²) in [5, 5.41) is 2.53. The minimum absolute atomic E-state index is 0.0771. The van der Waals surface area contributed by atoms with Gasteiger partial charge in [0.25, 0.3) is 10.0 Å². The maximum atomic E-state index is 14.4. The quantitative estimate of drug-likeness (QED) is 0.171. The van der Waals surface area contributed by atoms with E-state index in [2.05, 4.69) is 5.32 Å². The van der Waals surface area contributed by atoms with Crippen LogP contribution in [0.15, 0.2) is 114 Å². The molecular formula is C34H33ClF3N3O4S. The Kier molecular flexibility index (Phi) is 11.5. The summed E-state index contributed by atoms with van der Waals surface area (Å²) in [7, 11) is -4.63. The van der Waals surface area contributed by atoms with Gasteiger partial charge in [0.2, 0.25) is 11.8 Å². The molecule has 0 saturated heterocycles. The standard InChI is InChI=1S/C34H33ClF3N3O4S/c1-2-20-39-33(43)31(21-25-12-6-3-7-13-25)40(23-26-14-8-4-9-15-26)32(42)24-41(46(44,45)28-16-10-5-11-17-28)30-22-27(34(36,37)38)18-19-29(30)35/h3-19,22,31H,2,20-21,23-24H2,1H3,(H,39,43)/t31-/m1/s1. The first kappa shape index (κ1) is 34.5. The normalized spacial score (nSPS) is 12.3. The first-order valence-electron chi connectivity index (χ1n) is 14.5. The van der Waals surface area contributed by atoms with Gasteiger partial charge in [-0.3, -0.25) is 13.9 Å². The van der Waals surface area contributed by atoms with Gasteiger partial charge >= 0.3 is 6.18 Å². The second kappa shape index (κ2) is 15.3. The van der Waals surface area contributed by atoms with Crippen molar-refractivity contribution in [3.05, 3.63) is 131 Å². The van der Waals surface area contributed by atoms with E-state index in [4.69, 9.17) is 11.6 Å². The zero-order valence-corrected chi connectivity index (χ0v) is 26.5. The molecule has 0 spiro atoms. The molecule has 0 aliphatic carbocycles. The molecule has 4 aromatic rings. The predicted octanol–water partition coefficient (Wildman–Crippen LogP) is 6.72. The van der Waals surface area contributed by atoms with Crippen LogP contribution < -0.4 is 9.62 Å². The molecule has 0 bridgehead atoms. The lowest BCUT2D eigenvalue weighted by Crippen LogP contribution is -2.53. The highest BCUT2D eigenvalue weighted by Crippen LogP contribution is 2.37. The van der Waals surface area contributed by atoms with Crippen molar-refractivity contribution in [2.24, 2.45) is 0 Å². The van der Waals surface area contributed by atoms with E-state index in [1.165, 1.54) is 29.2 Å². The summed E-state index contributed by atoms with van der Waals surface area (Å²) in [5.74, 6) is -1.27. The minimum Gasteiger partial charge on any atom is -0.354 e. The number of amides is 2. The molecule has 0 radical (unpaired) electrons. The van der Waals surface area contributed by atoms with Gasteiger partial charge < -0.3 is 10.2 Å². The van der Waals surface area contributed by atoms with Crippen molar-refractivity contribution >= 4 is 39.1 Å². The smallest absolute Gasteiger partial charge is 0.354 e. The van der Waals surface area contributed by atoms with E-state index in [0.29, 0.717) is 28.9 Å². The summed E-state index contributed by atoms with van der Waals surface area (Å²) >= 11 is 6.34. The SMILES string of the molecule is CCCNC(=O)[C@@H](Cc1ccccc1)N(Cc1ccccc1)C(=O)CN(c1cc(C(F)(F)F)ccc1Cl)S(=O)(=O)c1ccccc1. The number of halogens is 4. The topological polar surface area (TPSA) is 86.8 Å². The summed E-state index contributed by atoms with van der Waals surface area (Å²) in [4.78, 5) is 29.0. The second-order valence-corrected chi connectivity index (χ2v) is 12.8. The Bertz CT molecular complexity index is 1730. The average Bonchev–Trinajstić information content (AvgIpc) is 3.05. The molecule has 0 aliphatic heterocycles. The second-order valence-electron chi connectivity index (χ2n) is 10.5. The van der Waals surface area contributed by atoms with Gasteiger partial charge in [-0.1, -0.05) is 97.4 Å². The Hall–Kier alpha value is -4.35. The molecule has 4 aromatic carbocycles. The van der Waals surface area contributed by atoms with E-state index in [-0.39, 0.29) is 22.9 Å². The van der Waals surface area contributed by atoms with E-state index in [9.17, 15) is 31.2 Å². The molecule has 0 aromatic heterocycles. The van der Waals surface area contributed by atoms with Crippen LogP contribution in [0, 0.1) is 0 Å². The van der Waals surface area contributed by atoms with Gasteiger partial charge in [-0.15, -0.1) is 0 Å². The number of rotatable bonds is 13. The van der Waals surface area contributed by atoms with Crippen LogP contribution in [-0.4, -0.2) is 44.3 Å². The molecule has 0 aliphatic rings. The molecule has 0 fully saturated rings. The first-order valence-corrected chi connectivity index (χ1v) is 16.3. The van der Waals surface area contributed by atoms with Crippen molar-refractivity contribution in [1.82, 2.24) is 10.2 Å². The van der Waals surface area contributed by atoms with Crippen LogP contribution in [0.25, 0.3) is 0 Å². The number of hydrogen-bond acceptors (Lipinski definition) is 4. The monoisotopic (exact) mass is 671 g/mol. The number of alkyl halides is 3. The number of carbonyl (C=O) groups excluding carboxylic acids is 2. The molecule has 2 amide bonds. The number of anilines is 1. The van der Waals surface area contributed by atoms with Crippen LogP contribution in [-0.2, 0) is 38.8 Å². The zero-order valence-electron chi connectivity index (χ0n) is 25.0. The van der Waals surface area contributed by atoms with E-state index in [0.717, 1.165) is 17.7 Å². The van der Waals surface area contributed by atoms with Crippen molar-refractivity contribution in [1.29, 1.82) is 0 Å². The summed E-state index contributed by atoms with van der Waals surface area (Å²) in [6, 6.07) is 26.1. The lowest BCUT2D eigenvalue weighted by atomic mass is 10.0. The van der Waals surface area contributed by atoms with Crippen molar-refractivity contribution in [3.8, 4) is 0 Å². The van der Waals surface area contributed by atoms with Crippen LogP contribution in [0.5, 0.6) is 0 Å². The Morgan fingerprint density at radius 2 is 1.41 bits per heavy atom. The van der Waals surface area contributed by atoms with E-state index in [1.54, 1.807) is 60.7 Å². The van der Waals surface area contributed by atoms with Crippen molar-refractivity contribution < 1.29 is 31.2 Å². The Labute approximate surface area is 271 Å².